The Morgan fingerprint density at radius 3 is 2.71 bits per heavy atom. The average Bonchev–Trinajstić information content (AvgIpc) is 2.92. The average molecular weight is 259 g/mol. The van der Waals surface area contributed by atoms with Crippen LogP contribution in [0.15, 0.2) is 22.7 Å². The molecule has 1 aliphatic carbocycles. The van der Waals surface area contributed by atoms with E-state index in [-0.39, 0.29) is 11.7 Å². The fraction of sp³-hybridized carbons (Fsp3) is 0.455. The highest BCUT2D eigenvalue weighted by Gasteiger charge is 2.42. The summed E-state index contributed by atoms with van der Waals surface area (Å²) < 4.78 is 14.1. The molecule has 0 bridgehead atoms. The summed E-state index contributed by atoms with van der Waals surface area (Å²) in [5, 5.41) is 10.2. The molecular formula is C11H12BrFO. The first-order valence-corrected chi connectivity index (χ1v) is 5.49. The van der Waals surface area contributed by atoms with E-state index in [1.165, 1.54) is 0 Å². The van der Waals surface area contributed by atoms with Crippen LogP contribution in [0, 0.1) is 11.7 Å². The van der Waals surface area contributed by atoms with Crippen LogP contribution in [0.5, 0.6) is 0 Å². The molecule has 1 atom stereocenters. The van der Waals surface area contributed by atoms with Crippen molar-refractivity contribution in [3.05, 3.63) is 34.1 Å². The van der Waals surface area contributed by atoms with Gasteiger partial charge in [0.15, 0.2) is 0 Å². The number of hydrogen-bond donors (Lipinski definition) is 1. The molecule has 0 amide bonds. The van der Waals surface area contributed by atoms with Gasteiger partial charge in [0.1, 0.15) is 5.82 Å². The van der Waals surface area contributed by atoms with E-state index in [2.05, 4.69) is 15.9 Å². The molecule has 1 aromatic carbocycles. The summed E-state index contributed by atoms with van der Waals surface area (Å²) in [6.45, 7) is 1.69. The zero-order valence-electron chi connectivity index (χ0n) is 7.93. The fourth-order valence-corrected chi connectivity index (χ4v) is 2.13. The molecule has 3 heteroatoms. The molecule has 0 aromatic heterocycles. The Morgan fingerprint density at radius 2 is 2.14 bits per heavy atom. The van der Waals surface area contributed by atoms with Gasteiger partial charge in [0.05, 0.1) is 10.1 Å². The third kappa shape index (κ3) is 1.59. The lowest BCUT2D eigenvalue weighted by Crippen LogP contribution is -2.25. The van der Waals surface area contributed by atoms with Crippen LogP contribution in [0.3, 0.4) is 0 Å². The number of aliphatic hydroxyl groups is 1. The summed E-state index contributed by atoms with van der Waals surface area (Å²) in [5.41, 5.74) is -0.622. The van der Waals surface area contributed by atoms with Crippen LogP contribution in [-0.4, -0.2) is 5.11 Å². The maximum atomic E-state index is 13.7. The molecule has 1 N–H and O–H groups in total. The van der Waals surface area contributed by atoms with Crippen molar-refractivity contribution in [1.29, 1.82) is 0 Å². The standard InChI is InChI=1S/C11H12BrFO/c1-11(14,7-5-6-7)8-3-2-4-9(12)10(8)13/h2-4,7,14H,5-6H2,1H3. The number of hydrogen-bond acceptors (Lipinski definition) is 1. The summed E-state index contributed by atoms with van der Waals surface area (Å²) in [6.07, 6.45) is 1.97. The van der Waals surface area contributed by atoms with E-state index in [1.807, 2.05) is 0 Å². The predicted molar refractivity (Wildman–Crippen MR) is 56.4 cm³/mol. The molecule has 0 aliphatic heterocycles. The van der Waals surface area contributed by atoms with Crippen LogP contribution in [0.2, 0.25) is 0 Å². The lowest BCUT2D eigenvalue weighted by molar-refractivity contribution is 0.0294. The van der Waals surface area contributed by atoms with Gasteiger partial charge < -0.3 is 5.11 Å². The van der Waals surface area contributed by atoms with Gasteiger partial charge in [-0.3, -0.25) is 0 Å². The molecular weight excluding hydrogens is 247 g/mol. The first-order chi connectivity index (χ1) is 6.53. The largest absolute Gasteiger partial charge is 0.385 e. The van der Waals surface area contributed by atoms with Crippen molar-refractivity contribution in [3.8, 4) is 0 Å². The normalized spacial score (nSPS) is 20.6. The van der Waals surface area contributed by atoms with Gasteiger partial charge in [-0.15, -0.1) is 0 Å². The second-order valence-corrected chi connectivity index (χ2v) is 4.88. The van der Waals surface area contributed by atoms with Gasteiger partial charge >= 0.3 is 0 Å². The van der Waals surface area contributed by atoms with Gasteiger partial charge in [-0.05, 0) is 47.7 Å². The van der Waals surface area contributed by atoms with E-state index in [0.29, 0.717) is 10.0 Å². The van der Waals surface area contributed by atoms with Crippen LogP contribution in [0.25, 0.3) is 0 Å². The third-order valence-electron chi connectivity index (χ3n) is 2.87. The highest BCUT2D eigenvalue weighted by molar-refractivity contribution is 9.10. The molecule has 1 saturated carbocycles. The monoisotopic (exact) mass is 258 g/mol. The van der Waals surface area contributed by atoms with Crippen molar-refractivity contribution >= 4 is 15.9 Å². The van der Waals surface area contributed by atoms with Gasteiger partial charge in [0.25, 0.3) is 0 Å². The molecule has 1 unspecified atom stereocenters. The van der Waals surface area contributed by atoms with Gasteiger partial charge in [-0.25, -0.2) is 4.39 Å². The molecule has 1 aromatic rings. The molecule has 0 radical (unpaired) electrons. The van der Waals surface area contributed by atoms with Crippen molar-refractivity contribution in [2.45, 2.75) is 25.4 Å². The highest BCUT2D eigenvalue weighted by atomic mass is 79.9. The molecule has 1 nitrogen and oxygen atoms in total. The molecule has 0 heterocycles. The number of halogens is 2. The van der Waals surface area contributed by atoms with Gasteiger partial charge in [0.2, 0.25) is 0 Å². The summed E-state index contributed by atoms with van der Waals surface area (Å²) in [6, 6.07) is 5.04. The molecule has 1 aliphatic rings. The van der Waals surface area contributed by atoms with Crippen LogP contribution in [-0.2, 0) is 5.60 Å². The topological polar surface area (TPSA) is 20.2 Å². The predicted octanol–water partition coefficient (Wildman–Crippen LogP) is 3.21. The smallest absolute Gasteiger partial charge is 0.143 e. The second kappa shape index (κ2) is 3.31. The Hall–Kier alpha value is -0.410. The Kier molecular flexibility index (Phi) is 2.40. The quantitative estimate of drug-likeness (QED) is 0.864. The Balaban J connectivity index is 2.44. The maximum absolute atomic E-state index is 13.7. The van der Waals surface area contributed by atoms with E-state index < -0.39 is 5.60 Å². The van der Waals surface area contributed by atoms with Crippen molar-refractivity contribution < 1.29 is 9.50 Å². The molecule has 1 fully saturated rings. The fourth-order valence-electron chi connectivity index (χ4n) is 1.76. The van der Waals surface area contributed by atoms with E-state index in [1.54, 1.807) is 25.1 Å². The van der Waals surface area contributed by atoms with Crippen molar-refractivity contribution in [1.82, 2.24) is 0 Å². The van der Waals surface area contributed by atoms with Crippen LogP contribution in [0.4, 0.5) is 4.39 Å². The lowest BCUT2D eigenvalue weighted by Gasteiger charge is -2.24. The van der Waals surface area contributed by atoms with Crippen molar-refractivity contribution in [3.63, 3.8) is 0 Å². The minimum Gasteiger partial charge on any atom is -0.385 e. The van der Waals surface area contributed by atoms with E-state index in [4.69, 9.17) is 0 Å². The first kappa shape index (κ1) is 10.1. The van der Waals surface area contributed by atoms with E-state index >= 15 is 0 Å². The molecule has 14 heavy (non-hydrogen) atoms. The van der Waals surface area contributed by atoms with Gasteiger partial charge in [0, 0.05) is 5.56 Å². The highest BCUT2D eigenvalue weighted by Crippen LogP contribution is 2.46. The summed E-state index contributed by atoms with van der Waals surface area (Å²) in [5.74, 6) is -0.129. The minimum absolute atomic E-state index is 0.214. The van der Waals surface area contributed by atoms with Crippen LogP contribution < -0.4 is 0 Å². The number of rotatable bonds is 2. The van der Waals surface area contributed by atoms with Crippen molar-refractivity contribution in [2.75, 3.05) is 0 Å². The van der Waals surface area contributed by atoms with Gasteiger partial charge in [-0.2, -0.15) is 0 Å². The summed E-state index contributed by atoms with van der Waals surface area (Å²) >= 11 is 3.12. The van der Waals surface area contributed by atoms with E-state index in [0.717, 1.165) is 12.8 Å². The van der Waals surface area contributed by atoms with Crippen molar-refractivity contribution in [2.24, 2.45) is 5.92 Å². The SMILES string of the molecule is CC(O)(c1cccc(Br)c1F)C1CC1. The Bertz CT molecular complexity index is 358. The molecule has 2 rings (SSSR count). The zero-order chi connectivity index (χ0) is 10.3. The van der Waals surface area contributed by atoms with Gasteiger partial charge in [-0.1, -0.05) is 12.1 Å². The first-order valence-electron chi connectivity index (χ1n) is 4.70. The molecule has 76 valence electrons. The third-order valence-corrected chi connectivity index (χ3v) is 3.48. The Morgan fingerprint density at radius 1 is 1.50 bits per heavy atom. The summed E-state index contributed by atoms with van der Waals surface area (Å²) in [7, 11) is 0. The maximum Gasteiger partial charge on any atom is 0.143 e. The van der Waals surface area contributed by atoms with Crippen LogP contribution >= 0.6 is 15.9 Å². The molecule has 0 spiro atoms. The number of benzene rings is 1. The lowest BCUT2D eigenvalue weighted by atomic mass is 9.90. The van der Waals surface area contributed by atoms with Crippen LogP contribution in [0.1, 0.15) is 25.3 Å². The minimum atomic E-state index is -1.02. The van der Waals surface area contributed by atoms with E-state index in [9.17, 15) is 9.50 Å². The summed E-state index contributed by atoms with van der Waals surface area (Å²) in [4.78, 5) is 0. The molecule has 0 saturated heterocycles. The second-order valence-electron chi connectivity index (χ2n) is 4.02. The zero-order valence-corrected chi connectivity index (χ0v) is 9.51. The Labute approximate surface area is 91.1 Å².